The minimum atomic E-state index is 0.0517. The lowest BCUT2D eigenvalue weighted by molar-refractivity contribution is 0.0630. The molecule has 6 rings (SSSR count). The first-order valence-corrected chi connectivity index (χ1v) is 14.2. The Kier molecular flexibility index (Phi) is 6.81. The third kappa shape index (κ3) is 5.38. The maximum atomic E-state index is 13.9. The van der Waals surface area contributed by atoms with Gasteiger partial charge in [0.2, 0.25) is 6.79 Å². The predicted molar refractivity (Wildman–Crippen MR) is 157 cm³/mol. The molecule has 0 spiro atoms. The Balaban J connectivity index is 1.23. The van der Waals surface area contributed by atoms with Crippen molar-refractivity contribution in [2.45, 2.75) is 32.7 Å². The van der Waals surface area contributed by atoms with Gasteiger partial charge in [0.25, 0.3) is 5.91 Å². The first kappa shape index (κ1) is 25.8. The molecule has 0 aliphatic carbocycles. The minimum Gasteiger partial charge on any atom is -0.454 e. The van der Waals surface area contributed by atoms with Gasteiger partial charge in [-0.2, -0.15) is 0 Å². The molecule has 7 heteroatoms. The molecule has 1 fully saturated rings. The molecule has 0 atom stereocenters. The molecule has 2 aliphatic rings. The van der Waals surface area contributed by atoms with Crippen LogP contribution >= 0.6 is 15.9 Å². The van der Waals surface area contributed by atoms with E-state index in [1.54, 1.807) is 0 Å². The number of piperazine rings is 1. The van der Waals surface area contributed by atoms with Crippen molar-refractivity contribution in [3.05, 3.63) is 87.9 Å². The SMILES string of the molecule is CC(C)(C)c1ccc(-c2cc(C(=O)N3CCN(Cc4ccc5c(c4)OCO5)CC3)c3cc(Br)ccc3n2)cc1. The van der Waals surface area contributed by atoms with Crippen LogP contribution in [0.15, 0.2) is 71.2 Å². The van der Waals surface area contributed by atoms with E-state index in [-0.39, 0.29) is 18.1 Å². The van der Waals surface area contributed by atoms with E-state index >= 15 is 0 Å². The summed E-state index contributed by atoms with van der Waals surface area (Å²) in [6.07, 6.45) is 0. The fourth-order valence-corrected chi connectivity index (χ4v) is 5.60. The summed E-state index contributed by atoms with van der Waals surface area (Å²) in [6, 6.07) is 22.6. The summed E-state index contributed by atoms with van der Waals surface area (Å²) in [5.74, 6) is 1.66. The molecule has 0 saturated carbocycles. The fraction of sp³-hybridized carbons (Fsp3) is 0.312. The maximum Gasteiger partial charge on any atom is 0.254 e. The molecule has 200 valence electrons. The number of ether oxygens (including phenoxy) is 2. The fourth-order valence-electron chi connectivity index (χ4n) is 5.24. The second-order valence-electron chi connectivity index (χ2n) is 11.3. The molecule has 39 heavy (non-hydrogen) atoms. The van der Waals surface area contributed by atoms with Gasteiger partial charge in [0.15, 0.2) is 11.5 Å². The lowest BCUT2D eigenvalue weighted by atomic mass is 9.86. The van der Waals surface area contributed by atoms with Gasteiger partial charge in [0.05, 0.1) is 16.8 Å². The molecule has 3 aromatic carbocycles. The number of hydrogen-bond acceptors (Lipinski definition) is 5. The first-order chi connectivity index (χ1) is 18.7. The van der Waals surface area contributed by atoms with Crippen molar-refractivity contribution >= 4 is 32.7 Å². The number of amides is 1. The van der Waals surface area contributed by atoms with Crippen molar-refractivity contribution in [2.24, 2.45) is 0 Å². The predicted octanol–water partition coefficient (Wildman–Crippen LogP) is 6.65. The van der Waals surface area contributed by atoms with Gasteiger partial charge in [-0.25, -0.2) is 4.98 Å². The summed E-state index contributed by atoms with van der Waals surface area (Å²) in [5.41, 5.74) is 5.87. The molecule has 1 amide bonds. The Morgan fingerprint density at radius 2 is 1.64 bits per heavy atom. The zero-order valence-corrected chi connectivity index (χ0v) is 24.1. The Bertz CT molecular complexity index is 1540. The number of pyridine rings is 1. The van der Waals surface area contributed by atoms with Gasteiger partial charge in [0.1, 0.15) is 0 Å². The van der Waals surface area contributed by atoms with Gasteiger partial charge in [0, 0.05) is 48.1 Å². The average Bonchev–Trinajstić information content (AvgIpc) is 3.40. The largest absolute Gasteiger partial charge is 0.454 e. The molecule has 1 aromatic heterocycles. The van der Waals surface area contributed by atoms with E-state index in [1.165, 1.54) is 11.1 Å². The van der Waals surface area contributed by atoms with Crippen LogP contribution in [0.2, 0.25) is 0 Å². The molecular formula is C32H32BrN3O3. The number of carbonyl (C=O) groups excluding carboxylic acids is 1. The highest BCUT2D eigenvalue weighted by atomic mass is 79.9. The number of halogens is 1. The number of hydrogen-bond donors (Lipinski definition) is 0. The smallest absolute Gasteiger partial charge is 0.254 e. The van der Waals surface area contributed by atoms with E-state index in [9.17, 15) is 4.79 Å². The summed E-state index contributed by atoms with van der Waals surface area (Å²) in [6.45, 7) is 10.7. The summed E-state index contributed by atoms with van der Waals surface area (Å²) in [5, 5.41) is 0.868. The van der Waals surface area contributed by atoms with E-state index in [4.69, 9.17) is 14.5 Å². The number of rotatable bonds is 4. The van der Waals surface area contributed by atoms with Crippen LogP contribution < -0.4 is 9.47 Å². The quantitative estimate of drug-likeness (QED) is 0.268. The van der Waals surface area contributed by atoms with Crippen LogP contribution in [0.4, 0.5) is 0 Å². The Hall–Kier alpha value is -3.42. The highest BCUT2D eigenvalue weighted by Gasteiger charge is 2.25. The Morgan fingerprint density at radius 3 is 2.38 bits per heavy atom. The Morgan fingerprint density at radius 1 is 0.897 bits per heavy atom. The highest BCUT2D eigenvalue weighted by Crippen LogP contribution is 2.33. The van der Waals surface area contributed by atoms with Gasteiger partial charge >= 0.3 is 0 Å². The lowest BCUT2D eigenvalue weighted by Crippen LogP contribution is -2.48. The first-order valence-electron chi connectivity index (χ1n) is 13.4. The van der Waals surface area contributed by atoms with E-state index in [1.807, 2.05) is 35.2 Å². The summed E-state index contributed by atoms with van der Waals surface area (Å²) < 4.78 is 11.9. The van der Waals surface area contributed by atoms with Crippen LogP contribution in [0.3, 0.4) is 0 Å². The van der Waals surface area contributed by atoms with Crippen LogP contribution in [0.1, 0.15) is 42.3 Å². The zero-order chi connectivity index (χ0) is 27.1. The molecule has 0 unspecified atom stereocenters. The monoisotopic (exact) mass is 585 g/mol. The molecule has 4 aromatic rings. The molecule has 0 N–H and O–H groups in total. The van der Waals surface area contributed by atoms with Crippen molar-refractivity contribution in [2.75, 3.05) is 33.0 Å². The number of fused-ring (bicyclic) bond motifs is 2. The molecule has 0 radical (unpaired) electrons. The second kappa shape index (κ2) is 10.3. The molecule has 2 aliphatic heterocycles. The van der Waals surface area contributed by atoms with Gasteiger partial charge in [-0.3, -0.25) is 9.69 Å². The standard InChI is InChI=1S/C32H32BrN3O3/c1-32(2,3)23-7-5-22(6-8-23)28-18-26(25-17-24(33)9-10-27(25)34-28)31(37)36-14-12-35(13-15-36)19-21-4-11-29-30(16-21)39-20-38-29/h4-11,16-18H,12-15,19-20H2,1-3H3. The molecule has 0 bridgehead atoms. The Labute approximate surface area is 237 Å². The van der Waals surface area contributed by atoms with E-state index in [2.05, 4.69) is 78.0 Å². The summed E-state index contributed by atoms with van der Waals surface area (Å²) >= 11 is 3.58. The summed E-state index contributed by atoms with van der Waals surface area (Å²) in [4.78, 5) is 23.2. The second-order valence-corrected chi connectivity index (χ2v) is 12.2. The third-order valence-corrected chi connectivity index (χ3v) is 8.04. The van der Waals surface area contributed by atoms with E-state index in [0.717, 1.165) is 57.8 Å². The lowest BCUT2D eigenvalue weighted by Gasteiger charge is -2.35. The molecule has 1 saturated heterocycles. The van der Waals surface area contributed by atoms with Crippen molar-refractivity contribution in [3.8, 4) is 22.8 Å². The zero-order valence-electron chi connectivity index (χ0n) is 22.5. The van der Waals surface area contributed by atoms with Crippen LogP contribution in [0.5, 0.6) is 11.5 Å². The van der Waals surface area contributed by atoms with Crippen LogP contribution in [-0.4, -0.2) is 53.7 Å². The average molecular weight is 587 g/mol. The molecule has 3 heterocycles. The van der Waals surface area contributed by atoms with E-state index in [0.29, 0.717) is 18.7 Å². The number of nitrogens with zero attached hydrogens (tertiary/aromatic N) is 3. The van der Waals surface area contributed by atoms with E-state index < -0.39 is 0 Å². The summed E-state index contributed by atoms with van der Waals surface area (Å²) in [7, 11) is 0. The van der Waals surface area contributed by atoms with Crippen molar-refractivity contribution in [1.82, 2.24) is 14.8 Å². The van der Waals surface area contributed by atoms with Gasteiger partial charge in [-0.05, 0) is 52.9 Å². The maximum absolute atomic E-state index is 13.9. The highest BCUT2D eigenvalue weighted by molar-refractivity contribution is 9.10. The third-order valence-electron chi connectivity index (χ3n) is 7.55. The number of benzene rings is 3. The van der Waals surface area contributed by atoms with Crippen molar-refractivity contribution < 1.29 is 14.3 Å². The molecule has 6 nitrogen and oxygen atoms in total. The number of carbonyl (C=O) groups is 1. The van der Waals surface area contributed by atoms with Crippen LogP contribution in [0, 0.1) is 0 Å². The number of aromatic nitrogens is 1. The van der Waals surface area contributed by atoms with Gasteiger partial charge < -0.3 is 14.4 Å². The minimum absolute atomic E-state index is 0.0517. The molecular weight excluding hydrogens is 554 g/mol. The van der Waals surface area contributed by atoms with Crippen molar-refractivity contribution in [1.29, 1.82) is 0 Å². The van der Waals surface area contributed by atoms with Crippen LogP contribution in [0.25, 0.3) is 22.2 Å². The van der Waals surface area contributed by atoms with Gasteiger partial charge in [-0.15, -0.1) is 0 Å². The normalized spacial score (nSPS) is 15.6. The van der Waals surface area contributed by atoms with Crippen molar-refractivity contribution in [3.63, 3.8) is 0 Å². The van der Waals surface area contributed by atoms with Gasteiger partial charge in [-0.1, -0.05) is 67.0 Å². The van der Waals surface area contributed by atoms with Crippen LogP contribution in [-0.2, 0) is 12.0 Å². The topological polar surface area (TPSA) is 54.9 Å².